The van der Waals surface area contributed by atoms with Crippen molar-refractivity contribution in [3.05, 3.63) is 20.7 Å². The van der Waals surface area contributed by atoms with Crippen molar-refractivity contribution in [2.24, 2.45) is 11.8 Å². The Bertz CT molecular complexity index is 617. The number of hydrogen-bond acceptors (Lipinski definition) is 3. The lowest BCUT2D eigenvalue weighted by molar-refractivity contribution is -0.0186. The molecule has 0 unspecified atom stereocenters. The smallest absolute Gasteiger partial charge is 0.259 e. The molecular weight excluding hydrogens is 260 g/mol. The number of rotatable bonds is 0. The fourth-order valence-electron chi connectivity index (χ4n) is 3.76. The summed E-state index contributed by atoms with van der Waals surface area (Å²) in [6.45, 7) is 6.49. The minimum atomic E-state index is -0.246. The monoisotopic (exact) mass is 280 g/mol. The van der Waals surface area contributed by atoms with Gasteiger partial charge in [-0.1, -0.05) is 13.3 Å². The lowest BCUT2D eigenvalue weighted by Gasteiger charge is -2.47. The number of nitrogens with one attached hydrogen (secondary N) is 2. The van der Waals surface area contributed by atoms with Crippen LogP contribution in [0.4, 0.5) is 0 Å². The second-order valence-electron chi connectivity index (χ2n) is 6.49. The predicted molar refractivity (Wildman–Crippen MR) is 76.2 cm³/mol. The average Bonchev–Trinajstić information content (AvgIpc) is 2.25. The summed E-state index contributed by atoms with van der Waals surface area (Å²) in [6.07, 6.45) is 3.38. The van der Waals surface area contributed by atoms with Gasteiger partial charge in [-0.2, -0.15) is 0 Å². The van der Waals surface area contributed by atoms with Gasteiger partial charge in [0.2, 0.25) is 5.88 Å². The van der Waals surface area contributed by atoms with Crippen LogP contribution >= 0.6 is 12.2 Å². The first-order chi connectivity index (χ1) is 8.88. The van der Waals surface area contributed by atoms with Crippen LogP contribution < -0.4 is 10.3 Å². The molecule has 0 aromatic carbocycles. The van der Waals surface area contributed by atoms with E-state index in [1.807, 2.05) is 0 Å². The second kappa shape index (κ2) is 4.20. The van der Waals surface area contributed by atoms with Gasteiger partial charge in [0.25, 0.3) is 5.56 Å². The van der Waals surface area contributed by atoms with Gasteiger partial charge in [0.05, 0.1) is 5.56 Å². The minimum absolute atomic E-state index is 0.0849. The Kier molecular flexibility index (Phi) is 2.85. The Morgan fingerprint density at radius 2 is 2.05 bits per heavy atom. The zero-order valence-corrected chi connectivity index (χ0v) is 12.4. The number of hydrogen-bond donors (Lipinski definition) is 2. The van der Waals surface area contributed by atoms with Crippen LogP contribution in [0.25, 0.3) is 0 Å². The maximum Gasteiger partial charge on any atom is 0.259 e. The van der Waals surface area contributed by atoms with Crippen LogP contribution in [0.1, 0.15) is 51.5 Å². The van der Waals surface area contributed by atoms with Gasteiger partial charge >= 0.3 is 0 Å². The average molecular weight is 280 g/mol. The van der Waals surface area contributed by atoms with Crippen molar-refractivity contribution in [2.45, 2.75) is 51.6 Å². The van der Waals surface area contributed by atoms with Crippen LogP contribution in [0.15, 0.2) is 4.79 Å². The van der Waals surface area contributed by atoms with Crippen LogP contribution in [-0.4, -0.2) is 15.6 Å². The molecule has 2 aliphatic rings. The molecule has 2 heterocycles. The topological polar surface area (TPSA) is 57.9 Å². The molecule has 0 radical (unpaired) electrons. The largest absolute Gasteiger partial charge is 0.472 e. The third-order valence-electron chi connectivity index (χ3n) is 4.68. The first kappa shape index (κ1) is 12.9. The van der Waals surface area contributed by atoms with Crippen molar-refractivity contribution in [3.8, 4) is 5.88 Å². The normalized spacial score (nSPS) is 32.1. The quantitative estimate of drug-likeness (QED) is 0.718. The van der Waals surface area contributed by atoms with E-state index in [0.717, 1.165) is 18.4 Å². The Morgan fingerprint density at radius 3 is 2.79 bits per heavy atom. The Labute approximate surface area is 117 Å². The molecule has 1 fully saturated rings. The van der Waals surface area contributed by atoms with Crippen molar-refractivity contribution in [1.82, 2.24) is 9.97 Å². The van der Waals surface area contributed by atoms with Gasteiger partial charge in [-0.25, -0.2) is 0 Å². The summed E-state index contributed by atoms with van der Waals surface area (Å²) in [6, 6.07) is 0. The molecule has 1 aliphatic carbocycles. The minimum Gasteiger partial charge on any atom is -0.472 e. The highest BCUT2D eigenvalue weighted by atomic mass is 32.1. The molecular formula is C14H20N2O2S. The molecule has 104 valence electrons. The highest BCUT2D eigenvalue weighted by molar-refractivity contribution is 7.71. The van der Waals surface area contributed by atoms with Gasteiger partial charge < -0.3 is 9.72 Å². The third-order valence-corrected chi connectivity index (χ3v) is 4.89. The first-order valence-electron chi connectivity index (χ1n) is 6.94. The molecule has 1 aromatic heterocycles. The van der Waals surface area contributed by atoms with Crippen LogP contribution in [0.3, 0.4) is 0 Å². The molecule has 1 saturated carbocycles. The molecule has 0 saturated heterocycles. The highest BCUT2D eigenvalue weighted by Crippen LogP contribution is 2.50. The van der Waals surface area contributed by atoms with Crippen LogP contribution in [0.2, 0.25) is 0 Å². The number of fused-ring (bicyclic) bond motifs is 3. The van der Waals surface area contributed by atoms with Gasteiger partial charge in [-0.3, -0.25) is 9.78 Å². The van der Waals surface area contributed by atoms with E-state index in [-0.39, 0.29) is 17.1 Å². The number of aromatic amines is 2. The fraction of sp³-hybridized carbons (Fsp3) is 0.714. The van der Waals surface area contributed by atoms with Crippen molar-refractivity contribution < 1.29 is 4.74 Å². The van der Waals surface area contributed by atoms with Gasteiger partial charge in [0, 0.05) is 11.8 Å². The van der Waals surface area contributed by atoms with E-state index in [0.29, 0.717) is 22.5 Å². The summed E-state index contributed by atoms with van der Waals surface area (Å²) >= 11 is 5.04. The molecule has 3 rings (SSSR count). The van der Waals surface area contributed by atoms with E-state index >= 15 is 0 Å². The summed E-state index contributed by atoms with van der Waals surface area (Å²) < 4.78 is 6.38. The maximum absolute atomic E-state index is 12.2. The van der Waals surface area contributed by atoms with Gasteiger partial charge in [-0.15, -0.1) is 0 Å². The number of H-pyrrole nitrogens is 2. The van der Waals surface area contributed by atoms with E-state index in [4.69, 9.17) is 17.0 Å². The van der Waals surface area contributed by atoms with Crippen LogP contribution in [0.5, 0.6) is 5.88 Å². The van der Waals surface area contributed by atoms with Crippen LogP contribution in [0, 0.1) is 16.6 Å². The summed E-state index contributed by atoms with van der Waals surface area (Å²) in [5.74, 6) is 1.92. The van der Waals surface area contributed by atoms with E-state index in [2.05, 4.69) is 30.7 Å². The van der Waals surface area contributed by atoms with Crippen molar-refractivity contribution >= 4 is 12.2 Å². The van der Waals surface area contributed by atoms with E-state index < -0.39 is 0 Å². The molecule has 3 atom stereocenters. The van der Waals surface area contributed by atoms with E-state index in [9.17, 15) is 4.79 Å². The molecule has 1 aliphatic heterocycles. The molecule has 4 nitrogen and oxygen atoms in total. The molecule has 0 bridgehead atoms. The standard InChI is InChI=1S/C14H20N2O2S/c1-7-4-5-9-8(6-7)10-11(17)15-13(19)16-12(10)18-14(9,2)3/h7-9H,4-6H2,1-3H3,(H2,15,16,17,19)/t7-,8-,9-/m0/s1. The first-order valence-corrected chi connectivity index (χ1v) is 7.35. The molecule has 0 amide bonds. The predicted octanol–water partition coefficient (Wildman–Crippen LogP) is 3.12. The zero-order valence-electron chi connectivity index (χ0n) is 11.6. The fourth-order valence-corrected chi connectivity index (χ4v) is 3.95. The zero-order chi connectivity index (χ0) is 13.8. The molecule has 1 aromatic rings. The summed E-state index contributed by atoms with van der Waals surface area (Å²) in [5, 5.41) is 0. The summed E-state index contributed by atoms with van der Waals surface area (Å²) in [4.78, 5) is 17.9. The Morgan fingerprint density at radius 1 is 1.32 bits per heavy atom. The van der Waals surface area contributed by atoms with Gasteiger partial charge in [-0.05, 0) is 44.8 Å². The molecule has 2 N–H and O–H groups in total. The lowest BCUT2D eigenvalue weighted by atomic mass is 9.65. The Hall–Kier alpha value is -1.10. The van der Waals surface area contributed by atoms with E-state index in [1.165, 1.54) is 6.42 Å². The van der Waals surface area contributed by atoms with Crippen LogP contribution in [-0.2, 0) is 0 Å². The lowest BCUT2D eigenvalue weighted by Crippen LogP contribution is -2.48. The second-order valence-corrected chi connectivity index (χ2v) is 6.90. The SMILES string of the molecule is C[C@H]1CC[C@H]2[C@H](C1)c1c([nH]c(=S)[nH]c1=O)OC2(C)C. The molecule has 0 spiro atoms. The molecule has 5 heteroatoms. The Balaban J connectivity index is 2.18. The van der Waals surface area contributed by atoms with Crippen molar-refractivity contribution in [1.29, 1.82) is 0 Å². The van der Waals surface area contributed by atoms with Crippen molar-refractivity contribution in [2.75, 3.05) is 0 Å². The highest BCUT2D eigenvalue weighted by Gasteiger charge is 2.47. The number of ether oxygens (including phenoxy) is 1. The van der Waals surface area contributed by atoms with Gasteiger partial charge in [0.15, 0.2) is 4.77 Å². The summed E-state index contributed by atoms with van der Waals surface area (Å²) in [7, 11) is 0. The van der Waals surface area contributed by atoms with Gasteiger partial charge in [0.1, 0.15) is 5.60 Å². The van der Waals surface area contributed by atoms with Crippen molar-refractivity contribution in [3.63, 3.8) is 0 Å². The molecule has 19 heavy (non-hydrogen) atoms. The number of aromatic nitrogens is 2. The third kappa shape index (κ3) is 2.04. The maximum atomic E-state index is 12.2. The summed E-state index contributed by atoms with van der Waals surface area (Å²) in [5.41, 5.74) is 0.437. The van der Waals surface area contributed by atoms with E-state index in [1.54, 1.807) is 0 Å².